The Bertz CT molecular complexity index is 1050. The second-order valence-electron chi connectivity index (χ2n) is 8.08. The maximum atomic E-state index is 13.4. The average Bonchev–Trinajstić information content (AvgIpc) is 3.10. The van der Waals surface area contributed by atoms with Crippen molar-refractivity contribution in [2.24, 2.45) is 0 Å². The zero-order chi connectivity index (χ0) is 23.4. The number of likely N-dealkylation sites (tertiary alicyclic amines) is 1. The van der Waals surface area contributed by atoms with Crippen LogP contribution in [0.15, 0.2) is 54.1 Å². The maximum absolute atomic E-state index is 13.4. The van der Waals surface area contributed by atoms with Gasteiger partial charge in [0.1, 0.15) is 17.3 Å². The Morgan fingerprint density at radius 2 is 1.85 bits per heavy atom. The second kappa shape index (κ2) is 10.1. The molecule has 2 aromatic rings. The first-order valence-corrected chi connectivity index (χ1v) is 11.0. The van der Waals surface area contributed by atoms with E-state index in [4.69, 9.17) is 9.47 Å². The summed E-state index contributed by atoms with van der Waals surface area (Å²) < 4.78 is 24.1. The molecular weight excluding hydrogens is 427 g/mol. The number of benzene rings is 2. The van der Waals surface area contributed by atoms with Crippen molar-refractivity contribution in [1.82, 2.24) is 9.80 Å². The molecule has 4 rings (SSSR count). The third kappa shape index (κ3) is 4.91. The Morgan fingerprint density at radius 3 is 2.55 bits per heavy atom. The lowest BCUT2D eigenvalue weighted by Gasteiger charge is -2.29. The maximum Gasteiger partial charge on any atom is 0.295 e. The van der Waals surface area contributed by atoms with Crippen LogP contribution >= 0.6 is 0 Å². The van der Waals surface area contributed by atoms with Gasteiger partial charge in [0.05, 0.1) is 31.9 Å². The van der Waals surface area contributed by atoms with Crippen LogP contribution in [0, 0.1) is 5.82 Å². The molecule has 0 saturated carbocycles. The van der Waals surface area contributed by atoms with E-state index in [-0.39, 0.29) is 16.9 Å². The number of hydrogen-bond donors (Lipinski definition) is 1. The number of carbonyl (C=O) groups excluding carboxylic acids is 2. The van der Waals surface area contributed by atoms with Crippen LogP contribution < -0.4 is 4.74 Å². The summed E-state index contributed by atoms with van der Waals surface area (Å²) >= 11 is 0. The lowest BCUT2D eigenvalue weighted by Crippen LogP contribution is -2.38. The number of morpholine rings is 1. The van der Waals surface area contributed by atoms with Gasteiger partial charge in [-0.05, 0) is 48.4 Å². The first-order valence-electron chi connectivity index (χ1n) is 11.0. The van der Waals surface area contributed by atoms with Gasteiger partial charge in [0.25, 0.3) is 11.7 Å². The molecule has 174 valence electrons. The summed E-state index contributed by atoms with van der Waals surface area (Å²) in [5.41, 5.74) is 0.922. The molecule has 1 atom stereocenters. The lowest BCUT2D eigenvalue weighted by molar-refractivity contribution is -0.140. The van der Waals surface area contributed by atoms with Gasteiger partial charge in [0.2, 0.25) is 0 Å². The van der Waals surface area contributed by atoms with Gasteiger partial charge in [-0.3, -0.25) is 14.5 Å². The monoisotopic (exact) mass is 454 g/mol. The summed E-state index contributed by atoms with van der Waals surface area (Å²) in [6, 6.07) is 11.5. The van der Waals surface area contributed by atoms with E-state index in [1.54, 1.807) is 24.3 Å². The summed E-state index contributed by atoms with van der Waals surface area (Å²) in [5, 5.41) is 11.0. The van der Waals surface area contributed by atoms with Crippen LogP contribution in [0.3, 0.4) is 0 Å². The Labute approximate surface area is 192 Å². The molecule has 8 heteroatoms. The molecule has 0 aliphatic carbocycles. The van der Waals surface area contributed by atoms with E-state index in [1.165, 1.54) is 36.3 Å². The molecule has 7 nitrogen and oxygen atoms in total. The van der Waals surface area contributed by atoms with Crippen molar-refractivity contribution in [2.45, 2.75) is 12.5 Å². The molecule has 0 spiro atoms. The van der Waals surface area contributed by atoms with Gasteiger partial charge in [0, 0.05) is 31.7 Å². The van der Waals surface area contributed by atoms with E-state index in [2.05, 4.69) is 4.90 Å². The van der Waals surface area contributed by atoms with Gasteiger partial charge < -0.3 is 19.5 Å². The van der Waals surface area contributed by atoms with E-state index in [0.29, 0.717) is 37.5 Å². The minimum Gasteiger partial charge on any atom is -0.507 e. The molecule has 33 heavy (non-hydrogen) atoms. The van der Waals surface area contributed by atoms with Gasteiger partial charge in [-0.1, -0.05) is 12.1 Å². The van der Waals surface area contributed by atoms with Crippen LogP contribution in [-0.2, 0) is 14.3 Å². The van der Waals surface area contributed by atoms with Crippen molar-refractivity contribution in [3.8, 4) is 5.75 Å². The van der Waals surface area contributed by atoms with E-state index in [0.717, 1.165) is 19.6 Å². The van der Waals surface area contributed by atoms with Crippen molar-refractivity contribution in [3.63, 3.8) is 0 Å². The quantitative estimate of drug-likeness (QED) is 0.394. The topological polar surface area (TPSA) is 79.3 Å². The first-order chi connectivity index (χ1) is 16.0. The molecule has 0 unspecified atom stereocenters. The third-order valence-corrected chi connectivity index (χ3v) is 6.04. The van der Waals surface area contributed by atoms with Crippen molar-refractivity contribution >= 4 is 17.4 Å². The molecule has 2 aliphatic heterocycles. The predicted molar refractivity (Wildman–Crippen MR) is 120 cm³/mol. The molecule has 0 radical (unpaired) electrons. The standard InChI is InChI=1S/C25H27FN2O5/c1-32-20-5-2-4-18(16-20)22-21(23(29)17-6-8-19(26)9-7-17)24(30)25(31)28(22)11-3-10-27-12-14-33-15-13-27/h2,4-9,16,22,29H,3,10-15H2,1H3/t22-/m1/s1. The molecular formula is C25H27FN2O5. The van der Waals surface area contributed by atoms with E-state index in [9.17, 15) is 19.1 Å². The van der Waals surface area contributed by atoms with E-state index >= 15 is 0 Å². The van der Waals surface area contributed by atoms with Crippen LogP contribution in [0.4, 0.5) is 4.39 Å². The number of methoxy groups -OCH3 is 1. The summed E-state index contributed by atoms with van der Waals surface area (Å²) in [7, 11) is 1.54. The number of ketones is 1. The van der Waals surface area contributed by atoms with Crippen LogP contribution in [0.2, 0.25) is 0 Å². The van der Waals surface area contributed by atoms with Crippen molar-refractivity contribution < 1.29 is 28.6 Å². The fourth-order valence-corrected chi connectivity index (χ4v) is 4.32. The first kappa shape index (κ1) is 22.9. The summed E-state index contributed by atoms with van der Waals surface area (Å²) in [5.74, 6) is -1.62. The van der Waals surface area contributed by atoms with Crippen molar-refractivity contribution in [3.05, 3.63) is 71.0 Å². The number of carbonyl (C=O) groups is 2. The predicted octanol–water partition coefficient (Wildman–Crippen LogP) is 2.98. The zero-order valence-electron chi connectivity index (χ0n) is 18.5. The van der Waals surface area contributed by atoms with Gasteiger partial charge >= 0.3 is 0 Å². The highest BCUT2D eigenvalue weighted by atomic mass is 19.1. The minimum atomic E-state index is -0.769. The number of ether oxygens (including phenoxy) is 2. The number of Topliss-reactive ketones (excluding diaryl/α,β-unsaturated/α-hetero) is 1. The summed E-state index contributed by atoms with van der Waals surface area (Å²) in [4.78, 5) is 29.9. The number of hydrogen-bond acceptors (Lipinski definition) is 6. The molecule has 2 saturated heterocycles. The number of aliphatic hydroxyl groups excluding tert-OH is 1. The number of rotatable bonds is 7. The SMILES string of the molecule is COc1cccc([C@@H]2C(=C(O)c3ccc(F)cc3)C(=O)C(=O)N2CCCN2CCOCC2)c1. The molecule has 0 aromatic heterocycles. The molecule has 2 fully saturated rings. The molecule has 2 aromatic carbocycles. The Balaban J connectivity index is 1.68. The molecule has 0 bridgehead atoms. The fourth-order valence-electron chi connectivity index (χ4n) is 4.32. The molecule has 1 amide bonds. The van der Waals surface area contributed by atoms with Crippen LogP contribution in [0.25, 0.3) is 5.76 Å². The van der Waals surface area contributed by atoms with E-state index in [1.807, 2.05) is 0 Å². The van der Waals surface area contributed by atoms with Crippen molar-refractivity contribution in [2.75, 3.05) is 46.5 Å². The largest absolute Gasteiger partial charge is 0.507 e. The summed E-state index contributed by atoms with van der Waals surface area (Å²) in [6.07, 6.45) is 0.671. The lowest BCUT2D eigenvalue weighted by atomic mass is 9.95. The molecule has 1 N–H and O–H groups in total. The van der Waals surface area contributed by atoms with E-state index < -0.39 is 23.5 Å². The molecule has 2 heterocycles. The number of amides is 1. The minimum absolute atomic E-state index is 0.00812. The number of aliphatic hydroxyl groups is 1. The van der Waals surface area contributed by atoms with Gasteiger partial charge in [-0.25, -0.2) is 4.39 Å². The Morgan fingerprint density at radius 1 is 1.12 bits per heavy atom. The smallest absolute Gasteiger partial charge is 0.295 e. The highest BCUT2D eigenvalue weighted by Gasteiger charge is 2.45. The normalized spacial score (nSPS) is 20.9. The zero-order valence-corrected chi connectivity index (χ0v) is 18.5. The highest BCUT2D eigenvalue weighted by molar-refractivity contribution is 6.46. The average molecular weight is 454 g/mol. The van der Waals surface area contributed by atoms with Crippen LogP contribution in [0.1, 0.15) is 23.6 Å². The second-order valence-corrected chi connectivity index (χ2v) is 8.08. The number of halogens is 1. The Kier molecular flexibility index (Phi) is 7.05. The van der Waals surface area contributed by atoms with Crippen molar-refractivity contribution in [1.29, 1.82) is 0 Å². The van der Waals surface area contributed by atoms with Gasteiger partial charge in [-0.15, -0.1) is 0 Å². The van der Waals surface area contributed by atoms with Crippen LogP contribution in [0.5, 0.6) is 5.75 Å². The highest BCUT2D eigenvalue weighted by Crippen LogP contribution is 2.40. The summed E-state index contributed by atoms with van der Waals surface area (Å²) in [6.45, 7) is 4.17. The molecule has 2 aliphatic rings. The third-order valence-electron chi connectivity index (χ3n) is 6.04. The van der Waals surface area contributed by atoms with Gasteiger partial charge in [-0.2, -0.15) is 0 Å². The fraction of sp³-hybridized carbons (Fsp3) is 0.360. The Hall–Kier alpha value is -3.23. The van der Waals surface area contributed by atoms with Gasteiger partial charge in [0.15, 0.2) is 0 Å². The van der Waals surface area contributed by atoms with Crippen LogP contribution in [-0.4, -0.2) is 73.1 Å². The number of nitrogens with zero attached hydrogens (tertiary/aromatic N) is 2.